The minimum atomic E-state index is -0.218. The highest BCUT2D eigenvalue weighted by Crippen LogP contribution is 2.19. The van der Waals surface area contributed by atoms with Crippen molar-refractivity contribution < 1.29 is 4.79 Å². The van der Waals surface area contributed by atoms with E-state index >= 15 is 0 Å². The van der Waals surface area contributed by atoms with Crippen LogP contribution in [0.1, 0.15) is 17.0 Å². The van der Waals surface area contributed by atoms with Crippen LogP contribution in [-0.2, 0) is 11.3 Å². The number of hydrogen-bond donors (Lipinski definition) is 1. The molecule has 0 unspecified atom stereocenters. The van der Waals surface area contributed by atoms with Crippen LogP contribution in [0, 0.1) is 13.8 Å². The molecule has 0 aliphatic heterocycles. The zero-order valence-electron chi connectivity index (χ0n) is 13.5. The van der Waals surface area contributed by atoms with E-state index < -0.39 is 0 Å². The highest BCUT2D eigenvalue weighted by molar-refractivity contribution is 9.10. The highest BCUT2D eigenvalue weighted by Gasteiger charge is 2.11. The second kappa shape index (κ2) is 6.97. The fraction of sp³-hybridized carbons (Fsp3) is 0.167. The van der Waals surface area contributed by atoms with E-state index in [1.165, 1.54) is 0 Å². The van der Waals surface area contributed by atoms with Gasteiger partial charge in [0, 0.05) is 5.56 Å². The molecule has 0 saturated heterocycles. The van der Waals surface area contributed by atoms with Crippen LogP contribution in [0.25, 0.3) is 10.8 Å². The monoisotopic (exact) mass is 384 g/mol. The van der Waals surface area contributed by atoms with Gasteiger partial charge in [-0.2, -0.15) is 10.2 Å². The summed E-state index contributed by atoms with van der Waals surface area (Å²) < 4.78 is 2.58. The number of hydrazone groups is 1. The summed E-state index contributed by atoms with van der Waals surface area (Å²) in [6.07, 6.45) is 1.66. The lowest BCUT2D eigenvalue weighted by Gasteiger charge is -2.04. The summed E-state index contributed by atoms with van der Waals surface area (Å²) in [6, 6.07) is 14.1. The molecule has 0 aliphatic rings. The van der Waals surface area contributed by atoms with E-state index in [-0.39, 0.29) is 12.5 Å². The smallest absolute Gasteiger partial charge is 0.261 e. The molecule has 0 spiro atoms. The lowest BCUT2D eigenvalue weighted by Crippen LogP contribution is -2.24. The van der Waals surface area contributed by atoms with Gasteiger partial charge in [-0.1, -0.05) is 42.5 Å². The second-order valence-electron chi connectivity index (χ2n) is 5.50. The zero-order chi connectivity index (χ0) is 17.1. The van der Waals surface area contributed by atoms with Gasteiger partial charge >= 0.3 is 0 Å². The largest absolute Gasteiger partial charge is 0.271 e. The lowest BCUT2D eigenvalue weighted by atomic mass is 10.1. The van der Waals surface area contributed by atoms with Crippen molar-refractivity contribution in [2.24, 2.45) is 5.10 Å². The molecule has 0 fully saturated rings. The Balaban J connectivity index is 1.69. The Labute approximate surface area is 148 Å². The number of carbonyl (C=O) groups is 1. The van der Waals surface area contributed by atoms with E-state index in [0.717, 1.165) is 32.2 Å². The Morgan fingerprint density at radius 1 is 1.25 bits per heavy atom. The van der Waals surface area contributed by atoms with E-state index in [4.69, 9.17) is 0 Å². The Bertz CT molecular complexity index is 925. The van der Waals surface area contributed by atoms with Gasteiger partial charge in [0.25, 0.3) is 5.91 Å². The quantitative estimate of drug-likeness (QED) is 0.552. The molecule has 6 heteroatoms. The van der Waals surface area contributed by atoms with E-state index in [1.54, 1.807) is 10.9 Å². The van der Waals surface area contributed by atoms with Gasteiger partial charge in [-0.05, 0) is 40.5 Å². The fourth-order valence-corrected chi connectivity index (χ4v) is 2.82. The van der Waals surface area contributed by atoms with Crippen LogP contribution in [0.2, 0.25) is 0 Å². The summed E-state index contributed by atoms with van der Waals surface area (Å²) in [4.78, 5) is 12.0. The molecule has 1 aromatic heterocycles. The van der Waals surface area contributed by atoms with E-state index in [0.29, 0.717) is 0 Å². The summed E-state index contributed by atoms with van der Waals surface area (Å²) in [7, 11) is 0. The number of nitrogens with zero attached hydrogens (tertiary/aromatic N) is 3. The predicted molar refractivity (Wildman–Crippen MR) is 99.1 cm³/mol. The summed E-state index contributed by atoms with van der Waals surface area (Å²) in [5, 5.41) is 10.6. The van der Waals surface area contributed by atoms with Gasteiger partial charge in [-0.15, -0.1) is 0 Å². The third-order valence-electron chi connectivity index (χ3n) is 3.80. The van der Waals surface area contributed by atoms with E-state index in [9.17, 15) is 4.79 Å². The number of amides is 1. The molecule has 1 amide bonds. The molecule has 24 heavy (non-hydrogen) atoms. The third kappa shape index (κ3) is 3.38. The molecule has 1 N–H and O–H groups in total. The second-order valence-corrected chi connectivity index (χ2v) is 6.30. The summed E-state index contributed by atoms with van der Waals surface area (Å²) in [5.74, 6) is -0.218. The van der Waals surface area contributed by atoms with Crippen LogP contribution in [0.3, 0.4) is 0 Å². The average Bonchev–Trinajstić information content (AvgIpc) is 2.82. The maximum atomic E-state index is 12.0. The first-order chi connectivity index (χ1) is 11.6. The molecule has 0 saturated carbocycles. The number of benzene rings is 2. The number of rotatable bonds is 4. The van der Waals surface area contributed by atoms with Crippen LogP contribution < -0.4 is 5.43 Å². The molecule has 122 valence electrons. The Morgan fingerprint density at radius 3 is 2.75 bits per heavy atom. The molecule has 2 aromatic carbocycles. The van der Waals surface area contributed by atoms with Crippen molar-refractivity contribution in [1.29, 1.82) is 0 Å². The van der Waals surface area contributed by atoms with Gasteiger partial charge < -0.3 is 0 Å². The van der Waals surface area contributed by atoms with Crippen molar-refractivity contribution in [2.75, 3.05) is 0 Å². The van der Waals surface area contributed by atoms with Crippen molar-refractivity contribution in [1.82, 2.24) is 15.2 Å². The Hall–Kier alpha value is -2.47. The summed E-state index contributed by atoms with van der Waals surface area (Å²) in [6.45, 7) is 3.94. The molecule has 3 rings (SSSR count). The highest BCUT2D eigenvalue weighted by atomic mass is 79.9. The first-order valence-corrected chi connectivity index (χ1v) is 8.34. The minimum Gasteiger partial charge on any atom is -0.271 e. The first-order valence-electron chi connectivity index (χ1n) is 7.55. The lowest BCUT2D eigenvalue weighted by molar-refractivity contribution is -0.121. The van der Waals surface area contributed by atoms with Crippen molar-refractivity contribution in [3.8, 4) is 0 Å². The normalized spacial score (nSPS) is 11.3. The number of hydrogen-bond acceptors (Lipinski definition) is 3. The maximum Gasteiger partial charge on any atom is 0.261 e. The fourth-order valence-electron chi connectivity index (χ4n) is 2.54. The van der Waals surface area contributed by atoms with Gasteiger partial charge in [-0.3, -0.25) is 9.48 Å². The molecule has 0 atom stereocenters. The van der Waals surface area contributed by atoms with E-state index in [2.05, 4.69) is 31.6 Å². The standard InChI is InChI=1S/C18H17BrN4O/c1-12-18(19)13(2)23(22-12)11-17(24)21-20-10-15-8-5-7-14-6-3-4-9-16(14)15/h3-10H,11H2,1-2H3,(H,21,24)/b20-10+. The van der Waals surface area contributed by atoms with Crippen LogP contribution in [0.4, 0.5) is 0 Å². The molecule has 0 radical (unpaired) electrons. The molecular formula is C18H17BrN4O. The van der Waals surface area contributed by atoms with Crippen LogP contribution in [0.15, 0.2) is 52.0 Å². The predicted octanol–water partition coefficient (Wildman–Crippen LogP) is 3.57. The average molecular weight is 385 g/mol. The Kier molecular flexibility index (Phi) is 4.76. The number of halogens is 1. The van der Waals surface area contributed by atoms with Gasteiger partial charge in [-0.25, -0.2) is 5.43 Å². The number of fused-ring (bicyclic) bond motifs is 1. The van der Waals surface area contributed by atoms with E-state index in [1.807, 2.05) is 56.3 Å². The minimum absolute atomic E-state index is 0.130. The molecule has 3 aromatic rings. The zero-order valence-corrected chi connectivity index (χ0v) is 15.0. The van der Waals surface area contributed by atoms with Crippen LogP contribution in [0.5, 0.6) is 0 Å². The SMILES string of the molecule is Cc1nn(CC(=O)N/N=C/c2cccc3ccccc23)c(C)c1Br. The first kappa shape index (κ1) is 16.4. The molecule has 1 heterocycles. The van der Waals surface area contributed by atoms with Crippen molar-refractivity contribution in [2.45, 2.75) is 20.4 Å². The van der Waals surface area contributed by atoms with Gasteiger partial charge in [0.15, 0.2) is 0 Å². The van der Waals surface area contributed by atoms with Gasteiger partial charge in [0.05, 0.1) is 22.1 Å². The van der Waals surface area contributed by atoms with Crippen molar-refractivity contribution in [3.05, 3.63) is 63.9 Å². The molecule has 0 aliphatic carbocycles. The van der Waals surface area contributed by atoms with Crippen LogP contribution >= 0.6 is 15.9 Å². The molecular weight excluding hydrogens is 368 g/mol. The van der Waals surface area contributed by atoms with Crippen molar-refractivity contribution >= 4 is 38.8 Å². The number of carbonyl (C=O) groups excluding carboxylic acids is 1. The van der Waals surface area contributed by atoms with Gasteiger partial charge in [0.2, 0.25) is 0 Å². The summed E-state index contributed by atoms with van der Waals surface area (Å²) in [5.41, 5.74) is 5.29. The number of aromatic nitrogens is 2. The number of nitrogens with one attached hydrogen (secondary N) is 1. The summed E-state index contributed by atoms with van der Waals surface area (Å²) >= 11 is 3.45. The van der Waals surface area contributed by atoms with Crippen LogP contribution in [-0.4, -0.2) is 21.9 Å². The topological polar surface area (TPSA) is 59.3 Å². The third-order valence-corrected chi connectivity index (χ3v) is 4.95. The van der Waals surface area contributed by atoms with Crippen molar-refractivity contribution in [3.63, 3.8) is 0 Å². The molecule has 0 bridgehead atoms. The number of aryl methyl sites for hydroxylation is 1. The Morgan fingerprint density at radius 2 is 2.00 bits per heavy atom. The maximum absolute atomic E-state index is 12.0. The molecule has 5 nitrogen and oxygen atoms in total. The van der Waals surface area contributed by atoms with Gasteiger partial charge in [0.1, 0.15) is 6.54 Å².